The maximum absolute atomic E-state index is 12.8. The summed E-state index contributed by atoms with van der Waals surface area (Å²) in [6.07, 6.45) is 2.49. The van der Waals surface area contributed by atoms with Crippen LogP contribution in [0.25, 0.3) is 11.0 Å². The Balaban J connectivity index is 1.33. The van der Waals surface area contributed by atoms with Gasteiger partial charge in [0.15, 0.2) is 6.10 Å². The van der Waals surface area contributed by atoms with Gasteiger partial charge in [-0.05, 0) is 55.9 Å². The highest BCUT2D eigenvalue weighted by atomic mass is 16.5. The van der Waals surface area contributed by atoms with Gasteiger partial charge in [0.25, 0.3) is 5.91 Å². The van der Waals surface area contributed by atoms with Gasteiger partial charge in [-0.25, -0.2) is 4.79 Å². The van der Waals surface area contributed by atoms with Crippen molar-refractivity contribution in [3.05, 3.63) is 76.6 Å². The van der Waals surface area contributed by atoms with Gasteiger partial charge in [-0.3, -0.25) is 4.79 Å². The molecule has 2 heterocycles. The number of hydrogen-bond donors (Lipinski definition) is 0. The molecular formula is C24H25NO4. The van der Waals surface area contributed by atoms with E-state index in [1.807, 2.05) is 17.0 Å². The number of carbonyl (C=O) groups excluding carboxylic acids is 1. The predicted molar refractivity (Wildman–Crippen MR) is 112 cm³/mol. The third-order valence-corrected chi connectivity index (χ3v) is 5.55. The number of ether oxygens (including phenoxy) is 1. The Bertz CT molecular complexity index is 1040. The van der Waals surface area contributed by atoms with E-state index in [0.29, 0.717) is 17.3 Å². The van der Waals surface area contributed by atoms with Gasteiger partial charge in [-0.15, -0.1) is 0 Å². The average molecular weight is 391 g/mol. The fraction of sp³-hybridized carbons (Fsp3) is 0.333. The second kappa shape index (κ2) is 8.52. The Morgan fingerprint density at radius 3 is 2.59 bits per heavy atom. The van der Waals surface area contributed by atoms with Crippen LogP contribution in [0.5, 0.6) is 5.75 Å². The zero-order valence-corrected chi connectivity index (χ0v) is 16.5. The summed E-state index contributed by atoms with van der Waals surface area (Å²) in [5, 5.41) is 0.816. The van der Waals surface area contributed by atoms with E-state index in [0.717, 1.165) is 37.7 Å². The minimum Gasteiger partial charge on any atom is -0.481 e. The molecule has 5 nitrogen and oxygen atoms in total. The normalized spacial score (nSPS) is 16.0. The molecule has 150 valence electrons. The van der Waals surface area contributed by atoms with Crippen LogP contribution < -0.4 is 10.4 Å². The minimum atomic E-state index is -0.589. The lowest BCUT2D eigenvalue weighted by Crippen LogP contribution is -2.45. The first-order valence-corrected chi connectivity index (χ1v) is 10.1. The van der Waals surface area contributed by atoms with Crippen LogP contribution in [0.2, 0.25) is 0 Å². The molecule has 1 saturated heterocycles. The van der Waals surface area contributed by atoms with Gasteiger partial charge in [0.2, 0.25) is 0 Å². The van der Waals surface area contributed by atoms with Crippen molar-refractivity contribution >= 4 is 16.9 Å². The van der Waals surface area contributed by atoms with Crippen LogP contribution in [0.4, 0.5) is 0 Å². The largest absolute Gasteiger partial charge is 0.481 e. The topological polar surface area (TPSA) is 59.8 Å². The molecule has 4 rings (SSSR count). The number of hydrogen-bond acceptors (Lipinski definition) is 4. The van der Waals surface area contributed by atoms with E-state index in [1.165, 1.54) is 11.6 Å². The van der Waals surface area contributed by atoms with Gasteiger partial charge >= 0.3 is 5.63 Å². The smallest absolute Gasteiger partial charge is 0.336 e. The summed E-state index contributed by atoms with van der Waals surface area (Å²) in [5.41, 5.74) is 1.41. The van der Waals surface area contributed by atoms with Gasteiger partial charge in [0.05, 0.1) is 0 Å². The Morgan fingerprint density at radius 2 is 1.83 bits per heavy atom. The monoisotopic (exact) mass is 391 g/mol. The first-order chi connectivity index (χ1) is 14.1. The first kappa shape index (κ1) is 19.2. The lowest BCUT2D eigenvalue weighted by molar-refractivity contribution is -0.139. The van der Waals surface area contributed by atoms with Gasteiger partial charge in [-0.2, -0.15) is 0 Å². The molecule has 1 fully saturated rings. The molecular weight excluding hydrogens is 366 g/mol. The lowest BCUT2D eigenvalue weighted by atomic mass is 9.90. The van der Waals surface area contributed by atoms with Crippen molar-refractivity contribution < 1.29 is 13.9 Å². The number of benzene rings is 2. The molecule has 0 saturated carbocycles. The van der Waals surface area contributed by atoms with Gasteiger partial charge < -0.3 is 14.1 Å². The molecule has 0 bridgehead atoms. The fourth-order valence-corrected chi connectivity index (χ4v) is 3.93. The van der Waals surface area contributed by atoms with E-state index in [1.54, 1.807) is 25.1 Å². The van der Waals surface area contributed by atoms with Crippen LogP contribution >= 0.6 is 0 Å². The van der Waals surface area contributed by atoms with Crippen LogP contribution in [0.3, 0.4) is 0 Å². The lowest BCUT2D eigenvalue weighted by Gasteiger charge is -2.33. The van der Waals surface area contributed by atoms with Crippen molar-refractivity contribution in [3.8, 4) is 5.75 Å². The van der Waals surface area contributed by atoms with Gasteiger partial charge in [0, 0.05) is 30.6 Å². The molecule has 5 heteroatoms. The molecule has 29 heavy (non-hydrogen) atoms. The molecule has 0 spiro atoms. The third-order valence-electron chi connectivity index (χ3n) is 5.55. The highest BCUT2D eigenvalue weighted by molar-refractivity contribution is 5.81. The van der Waals surface area contributed by atoms with Crippen molar-refractivity contribution in [2.45, 2.75) is 32.3 Å². The standard InChI is InChI=1S/C24H25NO4/c1-17(28-21-9-7-20-8-10-23(26)29-22(20)16-21)24(27)25-13-11-19(12-14-25)15-18-5-3-2-4-6-18/h2-10,16-17,19H,11-15H2,1H3/t17-/m1/s1. The maximum atomic E-state index is 12.8. The zero-order valence-electron chi connectivity index (χ0n) is 16.5. The summed E-state index contributed by atoms with van der Waals surface area (Å²) >= 11 is 0. The number of carbonyl (C=O) groups is 1. The molecule has 1 amide bonds. The predicted octanol–water partition coefficient (Wildman–Crippen LogP) is 4.04. The highest BCUT2D eigenvalue weighted by Gasteiger charge is 2.27. The van der Waals surface area contributed by atoms with Crippen molar-refractivity contribution in [2.75, 3.05) is 13.1 Å². The maximum Gasteiger partial charge on any atom is 0.336 e. The summed E-state index contributed by atoms with van der Waals surface area (Å²) in [4.78, 5) is 26.1. The number of likely N-dealkylation sites (tertiary alicyclic amines) is 1. The van der Waals surface area contributed by atoms with Gasteiger partial charge in [-0.1, -0.05) is 30.3 Å². The number of rotatable bonds is 5. The van der Waals surface area contributed by atoms with Crippen LogP contribution in [0, 0.1) is 5.92 Å². The molecule has 2 aromatic carbocycles. The quantitative estimate of drug-likeness (QED) is 0.616. The number of amides is 1. The molecule has 0 N–H and O–H groups in total. The molecule has 3 aromatic rings. The summed E-state index contributed by atoms with van der Waals surface area (Å²) in [6, 6.07) is 18.9. The van der Waals surface area contributed by atoms with Gasteiger partial charge in [0.1, 0.15) is 11.3 Å². The number of piperidine rings is 1. The van der Waals surface area contributed by atoms with Crippen LogP contribution in [0.1, 0.15) is 25.3 Å². The molecule has 1 aliphatic rings. The summed E-state index contributed by atoms with van der Waals surface area (Å²) in [6.45, 7) is 3.29. The minimum absolute atomic E-state index is 0.00206. The van der Waals surface area contributed by atoms with Crippen molar-refractivity contribution in [2.24, 2.45) is 5.92 Å². The molecule has 0 radical (unpaired) electrons. The summed E-state index contributed by atoms with van der Waals surface area (Å²) in [5.74, 6) is 1.13. The number of nitrogens with zero attached hydrogens (tertiary/aromatic N) is 1. The molecule has 0 unspecified atom stereocenters. The molecule has 1 atom stereocenters. The van der Waals surface area contributed by atoms with Crippen LogP contribution in [-0.2, 0) is 11.2 Å². The Morgan fingerprint density at radius 1 is 1.10 bits per heavy atom. The van der Waals surface area contributed by atoms with E-state index in [9.17, 15) is 9.59 Å². The van der Waals surface area contributed by atoms with Crippen molar-refractivity contribution in [3.63, 3.8) is 0 Å². The Hall–Kier alpha value is -3.08. The van der Waals surface area contributed by atoms with Crippen molar-refractivity contribution in [1.82, 2.24) is 4.90 Å². The first-order valence-electron chi connectivity index (χ1n) is 10.1. The Labute approximate surface area is 169 Å². The summed E-state index contributed by atoms with van der Waals surface area (Å²) in [7, 11) is 0. The van der Waals surface area contributed by atoms with E-state index in [4.69, 9.17) is 9.15 Å². The van der Waals surface area contributed by atoms with Crippen LogP contribution in [-0.4, -0.2) is 30.0 Å². The van der Waals surface area contributed by atoms with E-state index in [-0.39, 0.29) is 5.91 Å². The fourth-order valence-electron chi connectivity index (χ4n) is 3.93. The Kier molecular flexibility index (Phi) is 5.65. The molecule has 1 aromatic heterocycles. The second-order valence-corrected chi connectivity index (χ2v) is 7.67. The number of fused-ring (bicyclic) bond motifs is 1. The second-order valence-electron chi connectivity index (χ2n) is 7.67. The summed E-state index contributed by atoms with van der Waals surface area (Å²) < 4.78 is 11.0. The average Bonchev–Trinajstić information content (AvgIpc) is 2.74. The SMILES string of the molecule is C[C@@H](Oc1ccc2ccc(=O)oc2c1)C(=O)N1CCC(Cc2ccccc2)CC1. The van der Waals surface area contributed by atoms with E-state index >= 15 is 0 Å². The third kappa shape index (κ3) is 4.67. The zero-order chi connectivity index (χ0) is 20.2. The molecule has 0 aliphatic carbocycles. The molecule has 1 aliphatic heterocycles. The highest BCUT2D eigenvalue weighted by Crippen LogP contribution is 2.24. The van der Waals surface area contributed by atoms with Crippen LogP contribution in [0.15, 0.2) is 69.9 Å². The van der Waals surface area contributed by atoms with E-state index in [2.05, 4.69) is 24.3 Å². The van der Waals surface area contributed by atoms with E-state index < -0.39 is 11.7 Å². The van der Waals surface area contributed by atoms with Crippen molar-refractivity contribution in [1.29, 1.82) is 0 Å².